The van der Waals surface area contributed by atoms with Gasteiger partial charge in [0, 0.05) is 64.2 Å². The second-order valence-corrected chi connectivity index (χ2v) is 24.1. The van der Waals surface area contributed by atoms with E-state index in [1.165, 1.54) is 82.2 Å². The Labute approximate surface area is 429 Å². The van der Waals surface area contributed by atoms with Gasteiger partial charge >= 0.3 is 0 Å². The first-order valence-electron chi connectivity index (χ1n) is 19.0. The summed E-state index contributed by atoms with van der Waals surface area (Å²) in [6.07, 6.45) is 0. The molecule has 0 fully saturated rings. The van der Waals surface area contributed by atoms with E-state index in [1.54, 1.807) is 62.4 Å². The summed E-state index contributed by atoms with van der Waals surface area (Å²) >= 11 is 22.0. The normalized spacial score (nSPS) is 12.4. The van der Waals surface area contributed by atoms with Crippen molar-refractivity contribution in [3.8, 4) is 32.5 Å². The van der Waals surface area contributed by atoms with Gasteiger partial charge in [-0.25, -0.2) is 9.36 Å². The van der Waals surface area contributed by atoms with E-state index < -0.39 is 29.9 Å². The molecule has 0 aliphatic rings. The topological polar surface area (TPSA) is 215 Å². The maximum Gasteiger partial charge on any atom is 0.286 e. The molecular weight excluding hydrogens is 1170 g/mol. The minimum absolute atomic E-state index is 0.0781. The molecule has 0 aliphatic heterocycles. The lowest BCUT2D eigenvalue weighted by molar-refractivity contribution is -0.385. The minimum Gasteiger partial charge on any atom is -0.258 e. The minimum atomic E-state index is -4.62. The molecule has 2 heterocycles. The zero-order valence-electron chi connectivity index (χ0n) is 34.4. The van der Waals surface area contributed by atoms with Crippen LogP contribution in [0.5, 0.6) is 0 Å². The quantitative estimate of drug-likeness (QED) is 0.0599. The third-order valence-corrected chi connectivity index (χ3v) is 18.9. The van der Waals surface area contributed by atoms with Crippen molar-refractivity contribution in [1.29, 1.82) is 0 Å². The third-order valence-electron chi connectivity index (χ3n) is 9.54. The molecule has 0 bridgehead atoms. The van der Waals surface area contributed by atoms with Crippen LogP contribution in [0.1, 0.15) is 11.1 Å². The first-order valence-corrected chi connectivity index (χ1v) is 28.1. The van der Waals surface area contributed by atoms with Crippen molar-refractivity contribution in [3.63, 3.8) is 0 Å². The van der Waals surface area contributed by atoms with Crippen LogP contribution in [-0.2, 0) is 20.0 Å². The summed E-state index contributed by atoms with van der Waals surface area (Å²) in [7, 11) is -7.45. The second kappa shape index (κ2) is 20.1. The van der Waals surface area contributed by atoms with Crippen LogP contribution in [0.4, 0.5) is 11.4 Å². The molecule has 0 aliphatic carbocycles. The Kier molecular flexibility index (Phi) is 14.6. The highest BCUT2D eigenvalue weighted by Crippen LogP contribution is 2.46. The summed E-state index contributed by atoms with van der Waals surface area (Å²) in [6.45, 7) is 3.24. The number of aryl methyl sites for hydroxylation is 2. The van der Waals surface area contributed by atoms with E-state index in [1.807, 2.05) is 0 Å². The number of rotatable bonds is 13. The van der Waals surface area contributed by atoms with Crippen molar-refractivity contribution in [2.24, 2.45) is 8.80 Å². The van der Waals surface area contributed by atoms with E-state index in [0.29, 0.717) is 43.6 Å². The number of non-ortho nitro benzene ring substituents is 2. The van der Waals surface area contributed by atoms with Gasteiger partial charge in [-0.2, -0.15) is 27.0 Å². The zero-order chi connectivity index (χ0) is 48.7. The number of nitro benzene ring substituents is 2. The number of aromatic nitrogens is 4. The van der Waals surface area contributed by atoms with Crippen molar-refractivity contribution in [1.82, 2.24) is 19.6 Å². The summed E-state index contributed by atoms with van der Waals surface area (Å²) in [6, 6.07) is 30.7. The van der Waals surface area contributed by atoms with Crippen LogP contribution < -0.4 is 9.60 Å². The average Bonchev–Trinajstić information content (AvgIpc) is 3.91. The van der Waals surface area contributed by atoms with Gasteiger partial charge in [0.25, 0.3) is 31.4 Å². The van der Waals surface area contributed by atoms with Crippen LogP contribution in [0.25, 0.3) is 32.5 Å². The number of benzene rings is 6. The number of nitro groups is 2. The van der Waals surface area contributed by atoms with Gasteiger partial charge in [0.2, 0.25) is 9.60 Å². The van der Waals surface area contributed by atoms with Crippen LogP contribution in [0.3, 0.4) is 0 Å². The molecular formula is C42H26Br2Cl2N8O8S6. The maximum atomic E-state index is 14.5. The van der Waals surface area contributed by atoms with Crippen molar-refractivity contribution in [2.75, 3.05) is 0 Å². The van der Waals surface area contributed by atoms with Gasteiger partial charge in [0.05, 0.1) is 21.2 Å². The van der Waals surface area contributed by atoms with E-state index in [0.717, 1.165) is 53.2 Å². The lowest BCUT2D eigenvalue weighted by Gasteiger charge is -2.12. The number of hydrogen-bond acceptors (Lipinski definition) is 14. The van der Waals surface area contributed by atoms with Crippen molar-refractivity contribution < 1.29 is 26.7 Å². The molecule has 346 valence electrons. The SMILES string of the molecule is Cc1cc(S(=O)(=O)/N=c2\sc(-c3ccc(Br)cc3)nn2-c2ccc([N+](=O)[O-])cc2)c(SSc2cc(Cl)c(C)cc2S(=O)(=O)/N=c2\sc(-c3ccc(Br)cc3)nn2-c2ccc([N+](=O)[O-])cc2)cc1Cl. The highest BCUT2D eigenvalue weighted by atomic mass is 79.9. The van der Waals surface area contributed by atoms with E-state index in [-0.39, 0.29) is 50.6 Å². The maximum absolute atomic E-state index is 14.5. The van der Waals surface area contributed by atoms with Gasteiger partial charge in [0.15, 0.2) is 0 Å². The van der Waals surface area contributed by atoms with Gasteiger partial charge in [-0.3, -0.25) is 20.2 Å². The van der Waals surface area contributed by atoms with Crippen molar-refractivity contribution in [3.05, 3.63) is 181 Å². The van der Waals surface area contributed by atoms with Gasteiger partial charge in [0.1, 0.15) is 19.8 Å². The fourth-order valence-corrected chi connectivity index (χ4v) is 14.9. The molecule has 0 N–H and O–H groups in total. The molecule has 26 heteroatoms. The molecule has 0 spiro atoms. The summed E-state index contributed by atoms with van der Waals surface area (Å²) in [5.41, 5.74) is 2.37. The Morgan fingerprint density at radius 1 is 0.574 bits per heavy atom. The van der Waals surface area contributed by atoms with Gasteiger partial charge in [-0.05, 0) is 97.8 Å². The standard InChI is InChI=1S/C42H26Br2Cl2N8O8S6/c1-23-19-37(67(59,60)49-41-51(29-11-15-31(16-12-29)53(55)56)47-39(63-41)25-3-7-27(43)8-4-25)35(21-33(23)45)65-66-36-22-34(46)24(2)20-38(36)68(61,62)50-42-52(30-13-17-32(18-14-30)54(57)58)48-40(64-42)26-5-9-28(44)10-6-26/h3-22H,1-2H3/b49-41-,50-42-. The summed E-state index contributed by atoms with van der Waals surface area (Å²) in [5, 5.41) is 33.4. The molecule has 0 atom stereocenters. The van der Waals surface area contributed by atoms with Gasteiger partial charge < -0.3 is 0 Å². The molecule has 8 rings (SSSR count). The third kappa shape index (κ3) is 10.9. The Hall–Kier alpha value is -5.02. The lowest BCUT2D eigenvalue weighted by atomic mass is 10.2. The number of sulfonamides is 2. The van der Waals surface area contributed by atoms with Crippen molar-refractivity contribution >= 4 is 131 Å². The predicted octanol–water partition coefficient (Wildman–Crippen LogP) is 12.2. The number of halogens is 4. The highest BCUT2D eigenvalue weighted by molar-refractivity contribution is 9.10. The van der Waals surface area contributed by atoms with Crippen LogP contribution in [-0.4, -0.2) is 46.2 Å². The van der Waals surface area contributed by atoms with E-state index in [4.69, 9.17) is 23.2 Å². The van der Waals surface area contributed by atoms with Crippen LogP contribution >= 0.6 is 99.3 Å². The molecule has 2 aromatic heterocycles. The first kappa shape index (κ1) is 49.4. The van der Waals surface area contributed by atoms with Crippen LogP contribution in [0, 0.1) is 34.1 Å². The fourth-order valence-electron chi connectivity index (χ4n) is 6.07. The lowest BCUT2D eigenvalue weighted by Crippen LogP contribution is -2.17. The number of nitrogens with zero attached hydrogens (tertiary/aromatic N) is 8. The molecule has 8 aromatic rings. The Morgan fingerprint density at radius 3 is 1.24 bits per heavy atom. The summed E-state index contributed by atoms with van der Waals surface area (Å²) in [4.78, 5) is 21.3. The van der Waals surface area contributed by atoms with Gasteiger partial charge in [-0.15, -0.1) is 8.80 Å². The molecule has 68 heavy (non-hydrogen) atoms. The largest absolute Gasteiger partial charge is 0.286 e. The smallest absolute Gasteiger partial charge is 0.258 e. The Morgan fingerprint density at radius 2 is 0.912 bits per heavy atom. The molecule has 16 nitrogen and oxygen atoms in total. The van der Waals surface area contributed by atoms with E-state index >= 15 is 0 Å². The Balaban J connectivity index is 1.20. The van der Waals surface area contributed by atoms with Crippen molar-refractivity contribution in [2.45, 2.75) is 33.4 Å². The van der Waals surface area contributed by atoms with E-state index in [2.05, 4.69) is 50.9 Å². The molecule has 6 aromatic carbocycles. The van der Waals surface area contributed by atoms with Crippen LogP contribution in [0.2, 0.25) is 10.0 Å². The molecule has 0 saturated heterocycles. The average molecular weight is 1190 g/mol. The number of hydrogen-bond donors (Lipinski definition) is 0. The second-order valence-electron chi connectivity index (χ2n) is 14.2. The molecule has 0 saturated carbocycles. The highest BCUT2D eigenvalue weighted by Gasteiger charge is 2.26. The molecule has 0 unspecified atom stereocenters. The zero-order valence-corrected chi connectivity index (χ0v) is 43.9. The Bertz CT molecular complexity index is 3440. The predicted molar refractivity (Wildman–Crippen MR) is 272 cm³/mol. The summed E-state index contributed by atoms with van der Waals surface area (Å²) < 4.78 is 70.8. The fraction of sp³-hybridized carbons (Fsp3) is 0.0476. The molecule has 0 amide bonds. The van der Waals surface area contributed by atoms with Crippen LogP contribution in [0.15, 0.2) is 159 Å². The summed E-state index contributed by atoms with van der Waals surface area (Å²) in [5.74, 6) is 0. The molecule has 0 radical (unpaired) electrons. The van der Waals surface area contributed by atoms with E-state index in [9.17, 15) is 37.1 Å². The monoisotopic (exact) mass is 1190 g/mol. The first-order chi connectivity index (χ1) is 32.3. The van der Waals surface area contributed by atoms with Gasteiger partial charge in [-0.1, -0.05) is 124 Å².